The Kier molecular flexibility index (Phi) is 16.0. The minimum absolute atomic E-state index is 0.0600. The van der Waals surface area contributed by atoms with Crippen LogP contribution in [0.5, 0.6) is 0 Å². The first kappa shape index (κ1) is 22.9. The van der Waals surface area contributed by atoms with Crippen molar-refractivity contribution in [1.29, 1.82) is 0 Å². The van der Waals surface area contributed by atoms with Crippen LogP contribution >= 0.6 is 0 Å². The lowest BCUT2D eigenvalue weighted by molar-refractivity contribution is -0.145. The topological polar surface area (TPSA) is 52.6 Å². The first-order valence-electron chi connectivity index (χ1n) is 9.87. The highest BCUT2D eigenvalue weighted by Crippen LogP contribution is 2.10. The lowest BCUT2D eigenvalue weighted by Gasteiger charge is -2.06. The lowest BCUT2D eigenvalue weighted by Crippen LogP contribution is -2.07. The van der Waals surface area contributed by atoms with Gasteiger partial charge in [0.15, 0.2) is 0 Å². The molecule has 0 aliphatic rings. The highest BCUT2D eigenvalue weighted by Gasteiger charge is 2.04. The van der Waals surface area contributed by atoms with E-state index < -0.39 is 0 Å². The van der Waals surface area contributed by atoms with E-state index in [1.807, 2.05) is 0 Å². The molecule has 4 heteroatoms. The number of carbonyl (C=O) groups excluding carboxylic acids is 2. The van der Waals surface area contributed by atoms with Gasteiger partial charge in [-0.05, 0) is 31.6 Å². The minimum Gasteiger partial charge on any atom is -0.466 e. The van der Waals surface area contributed by atoms with Crippen molar-refractivity contribution >= 4 is 11.9 Å². The van der Waals surface area contributed by atoms with Crippen LogP contribution in [0.2, 0.25) is 0 Å². The van der Waals surface area contributed by atoms with Crippen molar-refractivity contribution in [3.63, 3.8) is 0 Å². The van der Waals surface area contributed by atoms with E-state index >= 15 is 0 Å². The summed E-state index contributed by atoms with van der Waals surface area (Å²) in [5.74, 6) is 0.447. The Morgan fingerprint density at radius 1 is 0.708 bits per heavy atom. The Labute approximate surface area is 148 Å². The van der Waals surface area contributed by atoms with E-state index in [9.17, 15) is 9.59 Å². The summed E-state index contributed by atoms with van der Waals surface area (Å²) in [7, 11) is 0. The minimum atomic E-state index is -0.0681. The summed E-state index contributed by atoms with van der Waals surface area (Å²) in [6, 6.07) is 0. The van der Waals surface area contributed by atoms with Crippen LogP contribution in [0, 0.1) is 5.92 Å². The number of carbonyl (C=O) groups is 2. The maximum absolute atomic E-state index is 11.5. The quantitative estimate of drug-likeness (QED) is 0.277. The van der Waals surface area contributed by atoms with Crippen LogP contribution in [-0.2, 0) is 19.1 Å². The Bertz CT molecular complexity index is 313. The molecule has 0 saturated heterocycles. The summed E-state index contributed by atoms with van der Waals surface area (Å²) < 4.78 is 10.4. The van der Waals surface area contributed by atoms with Gasteiger partial charge in [0.2, 0.25) is 0 Å². The number of ether oxygens (including phenoxy) is 2. The molecule has 0 heterocycles. The SMILES string of the molecule is CCCCCOC(=O)CCCCCCCCC(=O)OCCC(C)C. The zero-order valence-electron chi connectivity index (χ0n) is 16.1. The molecule has 0 aromatic heterocycles. The van der Waals surface area contributed by atoms with Gasteiger partial charge in [-0.15, -0.1) is 0 Å². The molecule has 0 aromatic carbocycles. The first-order chi connectivity index (χ1) is 11.6. The molecule has 0 bridgehead atoms. The lowest BCUT2D eigenvalue weighted by atomic mass is 10.1. The summed E-state index contributed by atoms with van der Waals surface area (Å²) in [4.78, 5) is 23.0. The van der Waals surface area contributed by atoms with Crippen LogP contribution in [0.3, 0.4) is 0 Å². The number of unbranched alkanes of at least 4 members (excludes halogenated alkanes) is 7. The Hall–Kier alpha value is -1.06. The summed E-state index contributed by atoms with van der Waals surface area (Å²) in [5.41, 5.74) is 0. The predicted molar refractivity (Wildman–Crippen MR) is 97.8 cm³/mol. The van der Waals surface area contributed by atoms with E-state index in [0.717, 1.165) is 64.2 Å². The third kappa shape index (κ3) is 17.3. The van der Waals surface area contributed by atoms with Crippen LogP contribution in [0.25, 0.3) is 0 Å². The summed E-state index contributed by atoms with van der Waals surface area (Å²) in [6.45, 7) is 7.50. The molecular formula is C20H38O4. The van der Waals surface area contributed by atoms with E-state index in [-0.39, 0.29) is 11.9 Å². The highest BCUT2D eigenvalue weighted by atomic mass is 16.5. The first-order valence-corrected chi connectivity index (χ1v) is 9.87. The molecule has 0 spiro atoms. The van der Waals surface area contributed by atoms with Gasteiger partial charge in [-0.1, -0.05) is 59.3 Å². The zero-order chi connectivity index (χ0) is 18.0. The van der Waals surface area contributed by atoms with E-state index in [2.05, 4.69) is 20.8 Å². The van der Waals surface area contributed by atoms with E-state index in [1.54, 1.807) is 0 Å². The fraction of sp³-hybridized carbons (Fsp3) is 0.900. The van der Waals surface area contributed by atoms with Gasteiger partial charge in [-0.3, -0.25) is 9.59 Å². The molecule has 0 aliphatic heterocycles. The standard InChI is InChI=1S/C20H38O4/c1-4-5-12-16-23-19(21)13-10-8-6-7-9-11-14-20(22)24-17-15-18(2)3/h18H,4-17H2,1-3H3. The van der Waals surface area contributed by atoms with Crippen LogP contribution in [-0.4, -0.2) is 25.2 Å². The monoisotopic (exact) mass is 342 g/mol. The summed E-state index contributed by atoms with van der Waals surface area (Å²) in [6.07, 6.45) is 11.4. The van der Waals surface area contributed by atoms with Gasteiger partial charge in [-0.25, -0.2) is 0 Å². The van der Waals surface area contributed by atoms with Gasteiger partial charge >= 0.3 is 11.9 Å². The second-order valence-electron chi connectivity index (χ2n) is 6.95. The second kappa shape index (κ2) is 16.8. The fourth-order valence-corrected chi connectivity index (χ4v) is 2.34. The van der Waals surface area contributed by atoms with Crippen molar-refractivity contribution in [2.75, 3.05) is 13.2 Å². The van der Waals surface area contributed by atoms with Crippen molar-refractivity contribution in [3.05, 3.63) is 0 Å². The van der Waals surface area contributed by atoms with Crippen molar-refractivity contribution < 1.29 is 19.1 Å². The molecular weight excluding hydrogens is 304 g/mol. The molecule has 0 fully saturated rings. The molecule has 0 atom stereocenters. The van der Waals surface area contributed by atoms with E-state index in [4.69, 9.17) is 9.47 Å². The molecule has 24 heavy (non-hydrogen) atoms. The largest absolute Gasteiger partial charge is 0.466 e. The number of hydrogen-bond acceptors (Lipinski definition) is 4. The molecule has 0 radical (unpaired) electrons. The molecule has 0 aromatic rings. The molecule has 0 rings (SSSR count). The Morgan fingerprint density at radius 3 is 1.71 bits per heavy atom. The number of esters is 2. The van der Waals surface area contributed by atoms with Gasteiger partial charge in [0.1, 0.15) is 0 Å². The van der Waals surface area contributed by atoms with Crippen molar-refractivity contribution in [1.82, 2.24) is 0 Å². The van der Waals surface area contributed by atoms with Crippen LogP contribution in [0.4, 0.5) is 0 Å². The number of hydrogen-bond donors (Lipinski definition) is 0. The van der Waals surface area contributed by atoms with Crippen molar-refractivity contribution in [2.45, 2.75) is 97.8 Å². The van der Waals surface area contributed by atoms with E-state index in [1.165, 1.54) is 0 Å². The van der Waals surface area contributed by atoms with Crippen LogP contribution in [0.1, 0.15) is 97.8 Å². The fourth-order valence-electron chi connectivity index (χ4n) is 2.34. The highest BCUT2D eigenvalue weighted by molar-refractivity contribution is 5.69. The Morgan fingerprint density at radius 2 is 1.21 bits per heavy atom. The molecule has 0 unspecified atom stereocenters. The van der Waals surface area contributed by atoms with Gasteiger partial charge in [0.05, 0.1) is 13.2 Å². The predicted octanol–water partition coefficient (Wildman–Crippen LogP) is 5.43. The second-order valence-corrected chi connectivity index (χ2v) is 6.95. The third-order valence-electron chi connectivity index (χ3n) is 3.98. The van der Waals surface area contributed by atoms with Crippen molar-refractivity contribution in [3.8, 4) is 0 Å². The molecule has 0 saturated carbocycles. The van der Waals surface area contributed by atoms with Gasteiger partial charge in [-0.2, -0.15) is 0 Å². The maximum Gasteiger partial charge on any atom is 0.305 e. The molecule has 0 N–H and O–H groups in total. The van der Waals surface area contributed by atoms with Gasteiger partial charge in [0.25, 0.3) is 0 Å². The van der Waals surface area contributed by atoms with Crippen LogP contribution in [0.15, 0.2) is 0 Å². The summed E-state index contributed by atoms with van der Waals surface area (Å²) in [5, 5.41) is 0. The average molecular weight is 343 g/mol. The van der Waals surface area contributed by atoms with Crippen molar-refractivity contribution in [2.24, 2.45) is 5.92 Å². The average Bonchev–Trinajstić information content (AvgIpc) is 2.53. The molecule has 0 amide bonds. The van der Waals surface area contributed by atoms with Gasteiger partial charge in [0, 0.05) is 12.8 Å². The van der Waals surface area contributed by atoms with E-state index in [0.29, 0.717) is 32.0 Å². The maximum atomic E-state index is 11.5. The van der Waals surface area contributed by atoms with Crippen LogP contribution < -0.4 is 0 Å². The third-order valence-corrected chi connectivity index (χ3v) is 3.98. The molecule has 0 aliphatic carbocycles. The number of rotatable bonds is 16. The summed E-state index contributed by atoms with van der Waals surface area (Å²) >= 11 is 0. The normalized spacial score (nSPS) is 10.8. The molecule has 4 nitrogen and oxygen atoms in total. The smallest absolute Gasteiger partial charge is 0.305 e. The zero-order valence-corrected chi connectivity index (χ0v) is 16.1. The Balaban J connectivity index is 3.27. The van der Waals surface area contributed by atoms with Gasteiger partial charge < -0.3 is 9.47 Å². The molecule has 142 valence electrons.